The predicted octanol–water partition coefficient (Wildman–Crippen LogP) is 7.84. The van der Waals surface area contributed by atoms with Gasteiger partial charge in [0.25, 0.3) is 0 Å². The maximum absolute atomic E-state index is 14.7. The summed E-state index contributed by atoms with van der Waals surface area (Å²) < 4.78 is 16.9. The minimum atomic E-state index is -0.232. The number of nitrogens with zero attached hydrogens (tertiary/aromatic N) is 3. The summed E-state index contributed by atoms with van der Waals surface area (Å²) in [5, 5.41) is 2.51. The lowest BCUT2D eigenvalue weighted by molar-refractivity contribution is 0.241. The van der Waals surface area contributed by atoms with Crippen LogP contribution in [0.25, 0.3) is 22.2 Å². The molecule has 0 unspecified atom stereocenters. The molecule has 0 saturated carbocycles. The van der Waals surface area contributed by atoms with Gasteiger partial charge in [-0.3, -0.25) is 4.90 Å². The molecule has 36 heavy (non-hydrogen) atoms. The van der Waals surface area contributed by atoms with Crippen LogP contribution in [0, 0.1) is 5.82 Å². The van der Waals surface area contributed by atoms with Gasteiger partial charge in [-0.05, 0) is 46.5 Å². The number of hydrogen-bond acceptors (Lipinski definition) is 2. The van der Waals surface area contributed by atoms with Crippen LogP contribution < -0.4 is 0 Å². The van der Waals surface area contributed by atoms with Crippen molar-refractivity contribution in [3.63, 3.8) is 0 Å². The molecule has 5 rings (SSSR count). The monoisotopic (exact) mass is 477 g/mol. The molecular formula is C32H32FN3. The lowest BCUT2D eigenvalue weighted by Gasteiger charge is -2.24. The molecule has 3 nitrogen and oxygen atoms in total. The van der Waals surface area contributed by atoms with E-state index in [2.05, 4.69) is 89.2 Å². The molecule has 4 aromatic carbocycles. The molecule has 0 radical (unpaired) electrons. The van der Waals surface area contributed by atoms with E-state index in [4.69, 9.17) is 4.98 Å². The zero-order valence-electron chi connectivity index (χ0n) is 20.8. The molecule has 0 saturated heterocycles. The Morgan fingerprint density at radius 2 is 1.47 bits per heavy atom. The third kappa shape index (κ3) is 5.55. The SMILES string of the molecule is CCCCn1c(CN(Cc2ccccc2)Cc2ccc3ccccc3c2)cnc1-c1ccccc1F. The zero-order valence-corrected chi connectivity index (χ0v) is 20.8. The summed E-state index contributed by atoms with van der Waals surface area (Å²) >= 11 is 0. The van der Waals surface area contributed by atoms with Crippen LogP contribution in [0.15, 0.2) is 103 Å². The van der Waals surface area contributed by atoms with Gasteiger partial charge in [0, 0.05) is 26.2 Å². The Morgan fingerprint density at radius 3 is 2.28 bits per heavy atom. The highest BCUT2D eigenvalue weighted by Gasteiger charge is 2.18. The van der Waals surface area contributed by atoms with Crippen LogP contribution in [0.3, 0.4) is 0 Å². The lowest BCUT2D eigenvalue weighted by Crippen LogP contribution is -2.24. The second-order valence-electron chi connectivity index (χ2n) is 9.37. The molecule has 182 valence electrons. The second-order valence-corrected chi connectivity index (χ2v) is 9.37. The minimum Gasteiger partial charge on any atom is -0.327 e. The van der Waals surface area contributed by atoms with Crippen molar-refractivity contribution in [2.75, 3.05) is 0 Å². The van der Waals surface area contributed by atoms with Crippen LogP contribution in [-0.2, 0) is 26.2 Å². The van der Waals surface area contributed by atoms with Crippen molar-refractivity contribution < 1.29 is 4.39 Å². The largest absolute Gasteiger partial charge is 0.327 e. The Bertz CT molecular complexity index is 1420. The van der Waals surface area contributed by atoms with Crippen LogP contribution in [0.4, 0.5) is 4.39 Å². The fraction of sp³-hybridized carbons (Fsp3) is 0.219. The van der Waals surface area contributed by atoms with Gasteiger partial charge in [0.15, 0.2) is 0 Å². The molecule has 0 N–H and O–H groups in total. The second kappa shape index (κ2) is 11.3. The van der Waals surface area contributed by atoms with Crippen molar-refractivity contribution >= 4 is 10.8 Å². The van der Waals surface area contributed by atoms with Gasteiger partial charge in [0.2, 0.25) is 0 Å². The van der Waals surface area contributed by atoms with Crippen molar-refractivity contribution in [3.8, 4) is 11.4 Å². The van der Waals surface area contributed by atoms with E-state index in [0.717, 1.165) is 44.7 Å². The molecule has 0 fully saturated rings. The molecule has 1 aromatic heterocycles. The zero-order chi connectivity index (χ0) is 24.7. The topological polar surface area (TPSA) is 21.1 Å². The van der Waals surface area contributed by atoms with Crippen molar-refractivity contribution in [2.45, 2.75) is 45.9 Å². The van der Waals surface area contributed by atoms with Gasteiger partial charge in [-0.1, -0.05) is 92.2 Å². The first-order valence-corrected chi connectivity index (χ1v) is 12.7. The molecule has 0 bridgehead atoms. The number of imidazole rings is 1. The Hall–Kier alpha value is -3.76. The summed E-state index contributed by atoms with van der Waals surface area (Å²) in [5.74, 6) is 0.478. The van der Waals surface area contributed by atoms with E-state index in [0.29, 0.717) is 11.4 Å². The maximum atomic E-state index is 14.7. The van der Waals surface area contributed by atoms with Gasteiger partial charge in [-0.25, -0.2) is 9.37 Å². The van der Waals surface area contributed by atoms with Gasteiger partial charge in [0.1, 0.15) is 11.6 Å². The number of halogens is 1. The first-order valence-electron chi connectivity index (χ1n) is 12.7. The summed E-state index contributed by atoms with van der Waals surface area (Å²) in [6.45, 7) is 5.37. The highest BCUT2D eigenvalue weighted by Crippen LogP contribution is 2.25. The van der Waals surface area contributed by atoms with E-state index in [9.17, 15) is 4.39 Å². The average Bonchev–Trinajstić information content (AvgIpc) is 3.30. The quantitative estimate of drug-likeness (QED) is 0.204. The fourth-order valence-corrected chi connectivity index (χ4v) is 4.79. The van der Waals surface area contributed by atoms with E-state index in [1.807, 2.05) is 18.3 Å². The minimum absolute atomic E-state index is 0.232. The van der Waals surface area contributed by atoms with Gasteiger partial charge in [-0.2, -0.15) is 0 Å². The Kier molecular flexibility index (Phi) is 7.53. The van der Waals surface area contributed by atoms with E-state index in [1.54, 1.807) is 6.07 Å². The van der Waals surface area contributed by atoms with Gasteiger partial charge in [-0.15, -0.1) is 0 Å². The Labute approximate surface area is 212 Å². The Balaban J connectivity index is 1.48. The molecule has 0 aliphatic heterocycles. The smallest absolute Gasteiger partial charge is 0.143 e. The van der Waals surface area contributed by atoms with E-state index in [-0.39, 0.29) is 5.82 Å². The Morgan fingerprint density at radius 1 is 0.750 bits per heavy atom. The van der Waals surface area contributed by atoms with Crippen molar-refractivity contribution in [3.05, 3.63) is 126 Å². The molecule has 0 spiro atoms. The third-order valence-electron chi connectivity index (χ3n) is 6.64. The van der Waals surface area contributed by atoms with Gasteiger partial charge >= 0.3 is 0 Å². The van der Waals surface area contributed by atoms with Crippen molar-refractivity contribution in [1.82, 2.24) is 14.5 Å². The maximum Gasteiger partial charge on any atom is 0.143 e. The number of rotatable bonds is 10. The van der Waals surface area contributed by atoms with Crippen LogP contribution in [0.1, 0.15) is 36.6 Å². The molecule has 0 aliphatic rings. The fourth-order valence-electron chi connectivity index (χ4n) is 4.79. The first-order chi connectivity index (χ1) is 17.7. The van der Waals surface area contributed by atoms with E-state index < -0.39 is 0 Å². The molecule has 1 heterocycles. The van der Waals surface area contributed by atoms with Crippen LogP contribution in [0.5, 0.6) is 0 Å². The molecule has 4 heteroatoms. The summed E-state index contributed by atoms with van der Waals surface area (Å²) in [6, 6.07) is 32.7. The number of fused-ring (bicyclic) bond motifs is 1. The number of unbranched alkanes of at least 4 members (excludes halogenated alkanes) is 1. The molecule has 5 aromatic rings. The molecule has 0 atom stereocenters. The lowest BCUT2D eigenvalue weighted by atomic mass is 10.1. The van der Waals surface area contributed by atoms with E-state index in [1.165, 1.54) is 28.0 Å². The molecule has 0 aliphatic carbocycles. The van der Waals surface area contributed by atoms with Crippen molar-refractivity contribution in [2.24, 2.45) is 0 Å². The van der Waals surface area contributed by atoms with Crippen LogP contribution in [0.2, 0.25) is 0 Å². The third-order valence-corrected chi connectivity index (χ3v) is 6.64. The summed E-state index contributed by atoms with van der Waals surface area (Å²) in [5.41, 5.74) is 4.22. The standard InChI is InChI=1S/C32H32FN3/c1-2-3-19-36-29(21-34-32(36)30-15-9-10-16-31(30)33)24-35(22-25-11-5-4-6-12-25)23-26-17-18-27-13-7-8-14-28(27)20-26/h4-18,20-21H,2-3,19,22-24H2,1H3. The summed E-state index contributed by atoms with van der Waals surface area (Å²) in [6.07, 6.45) is 4.02. The van der Waals surface area contributed by atoms with E-state index >= 15 is 0 Å². The molecule has 0 amide bonds. The number of benzene rings is 4. The molecular weight excluding hydrogens is 445 g/mol. The van der Waals surface area contributed by atoms with Gasteiger partial charge in [0.05, 0.1) is 17.5 Å². The number of hydrogen-bond donors (Lipinski definition) is 0. The van der Waals surface area contributed by atoms with Gasteiger partial charge < -0.3 is 4.57 Å². The predicted molar refractivity (Wildman–Crippen MR) is 146 cm³/mol. The summed E-state index contributed by atoms with van der Waals surface area (Å²) in [4.78, 5) is 7.15. The highest BCUT2D eigenvalue weighted by atomic mass is 19.1. The average molecular weight is 478 g/mol. The van der Waals surface area contributed by atoms with Crippen molar-refractivity contribution in [1.29, 1.82) is 0 Å². The number of aromatic nitrogens is 2. The van der Waals surface area contributed by atoms with Crippen LogP contribution >= 0.6 is 0 Å². The normalized spacial score (nSPS) is 11.4. The highest BCUT2D eigenvalue weighted by molar-refractivity contribution is 5.82. The first kappa shape index (κ1) is 24.0. The summed E-state index contributed by atoms with van der Waals surface area (Å²) in [7, 11) is 0. The van der Waals surface area contributed by atoms with Crippen LogP contribution in [-0.4, -0.2) is 14.5 Å².